The van der Waals surface area contributed by atoms with Crippen molar-refractivity contribution >= 4 is 44.8 Å². The number of hydrogen-bond acceptors (Lipinski definition) is 5. The minimum Gasteiger partial charge on any atom is -0.354 e. The molecule has 1 aliphatic rings. The molecule has 1 aromatic carbocycles. The van der Waals surface area contributed by atoms with Gasteiger partial charge in [0.15, 0.2) is 0 Å². The predicted octanol–water partition coefficient (Wildman–Crippen LogP) is 1.02. The summed E-state index contributed by atoms with van der Waals surface area (Å²) < 4.78 is 25.8. The van der Waals surface area contributed by atoms with Gasteiger partial charge in [-0.3, -0.25) is 14.9 Å². The van der Waals surface area contributed by atoms with E-state index in [-0.39, 0.29) is 24.7 Å². The standard InChI is InChI=1S/C10H9Cl2N3O5S/c11-6-1-2-7(9(12)10(6)15(17)18)21(19,20)14-4-3-13-8(16)5-14/h1-2H,3-5H2,(H,13,16). The van der Waals surface area contributed by atoms with E-state index >= 15 is 0 Å². The van der Waals surface area contributed by atoms with E-state index in [1.165, 1.54) is 0 Å². The second-order valence-corrected chi connectivity index (χ2v) is 6.85. The van der Waals surface area contributed by atoms with Crippen molar-refractivity contribution in [3.63, 3.8) is 0 Å². The van der Waals surface area contributed by atoms with Crippen molar-refractivity contribution in [3.05, 3.63) is 32.3 Å². The Morgan fingerprint density at radius 3 is 2.57 bits per heavy atom. The number of rotatable bonds is 3. The number of carbonyl (C=O) groups is 1. The Kier molecular flexibility index (Phi) is 4.38. The number of nitrogens with zero attached hydrogens (tertiary/aromatic N) is 2. The number of amides is 1. The third-order valence-corrected chi connectivity index (χ3v) is 5.52. The van der Waals surface area contributed by atoms with Gasteiger partial charge in [-0.15, -0.1) is 0 Å². The van der Waals surface area contributed by atoms with Gasteiger partial charge in [-0.25, -0.2) is 8.42 Å². The Hall–Kier alpha value is -1.42. The molecule has 1 saturated heterocycles. The van der Waals surface area contributed by atoms with Crippen molar-refractivity contribution in [2.45, 2.75) is 4.90 Å². The summed E-state index contributed by atoms with van der Waals surface area (Å²) in [5, 5.41) is 12.6. The van der Waals surface area contributed by atoms with Gasteiger partial charge in [0, 0.05) is 13.1 Å². The normalized spacial score (nSPS) is 16.6. The molecule has 114 valence electrons. The molecule has 1 heterocycles. The van der Waals surface area contributed by atoms with Gasteiger partial charge in [-0.1, -0.05) is 23.2 Å². The van der Waals surface area contributed by atoms with Gasteiger partial charge in [-0.2, -0.15) is 4.31 Å². The molecule has 0 atom stereocenters. The SMILES string of the molecule is O=C1CN(S(=O)(=O)c2ccc(Cl)c([N+](=O)[O-])c2Cl)CCN1. The highest BCUT2D eigenvalue weighted by Crippen LogP contribution is 2.38. The van der Waals surface area contributed by atoms with Gasteiger partial charge in [0.05, 0.1) is 11.5 Å². The monoisotopic (exact) mass is 353 g/mol. The third-order valence-electron chi connectivity index (χ3n) is 2.84. The summed E-state index contributed by atoms with van der Waals surface area (Å²) in [5.41, 5.74) is -0.680. The zero-order valence-electron chi connectivity index (χ0n) is 10.4. The zero-order valence-corrected chi connectivity index (χ0v) is 12.7. The molecule has 0 aromatic heterocycles. The minimum atomic E-state index is -4.12. The molecule has 1 aromatic rings. The van der Waals surface area contributed by atoms with E-state index in [0.717, 1.165) is 16.4 Å². The smallest absolute Gasteiger partial charge is 0.307 e. The Morgan fingerprint density at radius 2 is 2.00 bits per heavy atom. The van der Waals surface area contributed by atoms with E-state index in [0.29, 0.717) is 0 Å². The number of piperazine rings is 1. The highest BCUT2D eigenvalue weighted by Gasteiger charge is 2.34. The van der Waals surface area contributed by atoms with E-state index < -0.39 is 36.5 Å². The number of hydrogen-bond donors (Lipinski definition) is 1. The molecule has 2 rings (SSSR count). The topological polar surface area (TPSA) is 110 Å². The first-order valence-electron chi connectivity index (χ1n) is 5.64. The highest BCUT2D eigenvalue weighted by molar-refractivity contribution is 7.89. The molecule has 1 aliphatic heterocycles. The van der Waals surface area contributed by atoms with Crippen molar-refractivity contribution in [1.29, 1.82) is 0 Å². The van der Waals surface area contributed by atoms with Crippen LogP contribution in [0.4, 0.5) is 5.69 Å². The third kappa shape index (κ3) is 2.95. The van der Waals surface area contributed by atoms with Crippen molar-refractivity contribution in [2.24, 2.45) is 0 Å². The first-order chi connectivity index (χ1) is 9.75. The number of halogens is 2. The van der Waals surface area contributed by atoms with Crippen LogP contribution in [0.1, 0.15) is 0 Å². The van der Waals surface area contributed by atoms with Crippen molar-refractivity contribution in [3.8, 4) is 0 Å². The van der Waals surface area contributed by atoms with Crippen molar-refractivity contribution in [2.75, 3.05) is 19.6 Å². The summed E-state index contributed by atoms with van der Waals surface area (Å²) in [6.45, 7) is -0.152. The van der Waals surface area contributed by atoms with Crippen LogP contribution in [0.5, 0.6) is 0 Å². The number of benzene rings is 1. The number of nitro benzene ring substituents is 1. The molecule has 1 N–H and O–H groups in total. The lowest BCUT2D eigenvalue weighted by atomic mass is 10.3. The fraction of sp³-hybridized carbons (Fsp3) is 0.300. The summed E-state index contributed by atoms with van der Waals surface area (Å²) in [6, 6.07) is 2.17. The van der Waals surface area contributed by atoms with Crippen LogP contribution < -0.4 is 5.32 Å². The fourth-order valence-electron chi connectivity index (χ4n) is 1.85. The number of carbonyl (C=O) groups excluding carboxylic acids is 1. The number of nitrogens with one attached hydrogen (secondary N) is 1. The Morgan fingerprint density at radius 1 is 1.33 bits per heavy atom. The maximum absolute atomic E-state index is 12.4. The maximum Gasteiger partial charge on any atom is 0.307 e. The van der Waals surface area contributed by atoms with E-state index in [9.17, 15) is 23.3 Å². The molecule has 0 radical (unpaired) electrons. The maximum atomic E-state index is 12.4. The summed E-state index contributed by atoms with van der Waals surface area (Å²) >= 11 is 11.5. The Balaban J connectivity index is 2.53. The zero-order chi connectivity index (χ0) is 15.8. The molecular formula is C10H9Cl2N3O5S. The molecule has 0 bridgehead atoms. The largest absolute Gasteiger partial charge is 0.354 e. The average Bonchev–Trinajstić information content (AvgIpc) is 2.37. The van der Waals surface area contributed by atoms with E-state index in [2.05, 4.69) is 5.32 Å². The van der Waals surface area contributed by atoms with Gasteiger partial charge in [0.2, 0.25) is 15.9 Å². The van der Waals surface area contributed by atoms with Crippen LogP contribution in [0.15, 0.2) is 17.0 Å². The van der Waals surface area contributed by atoms with Crippen LogP contribution in [0.25, 0.3) is 0 Å². The second-order valence-electron chi connectivity index (χ2n) is 4.15. The van der Waals surface area contributed by atoms with E-state index in [1.807, 2.05) is 0 Å². The van der Waals surface area contributed by atoms with Gasteiger partial charge < -0.3 is 5.32 Å². The van der Waals surface area contributed by atoms with Gasteiger partial charge in [-0.05, 0) is 12.1 Å². The first kappa shape index (κ1) is 16.0. The molecule has 21 heavy (non-hydrogen) atoms. The van der Waals surface area contributed by atoms with Crippen LogP contribution in [-0.2, 0) is 14.8 Å². The highest BCUT2D eigenvalue weighted by atomic mass is 35.5. The molecular weight excluding hydrogens is 345 g/mol. The van der Waals surface area contributed by atoms with Crippen LogP contribution in [0.3, 0.4) is 0 Å². The lowest BCUT2D eigenvalue weighted by molar-refractivity contribution is -0.384. The summed E-state index contributed by atoms with van der Waals surface area (Å²) in [6.07, 6.45) is 0. The fourth-order valence-corrected chi connectivity index (χ4v) is 4.11. The van der Waals surface area contributed by atoms with Crippen LogP contribution in [0, 0.1) is 10.1 Å². The molecule has 1 fully saturated rings. The minimum absolute atomic E-state index is 0.0564. The van der Waals surface area contributed by atoms with E-state index in [1.54, 1.807) is 0 Å². The van der Waals surface area contributed by atoms with E-state index in [4.69, 9.17) is 23.2 Å². The number of nitro groups is 1. The molecule has 8 nitrogen and oxygen atoms in total. The quantitative estimate of drug-likeness (QED) is 0.644. The van der Waals surface area contributed by atoms with Crippen molar-refractivity contribution < 1.29 is 18.1 Å². The van der Waals surface area contributed by atoms with Crippen LogP contribution in [-0.4, -0.2) is 43.2 Å². The molecule has 0 unspecified atom stereocenters. The molecule has 0 spiro atoms. The predicted molar refractivity (Wildman–Crippen MR) is 74.9 cm³/mol. The second kappa shape index (κ2) is 5.76. The molecule has 1 amide bonds. The van der Waals surface area contributed by atoms with Crippen LogP contribution >= 0.6 is 23.2 Å². The number of sulfonamides is 1. The lowest BCUT2D eigenvalue weighted by Gasteiger charge is -2.26. The van der Waals surface area contributed by atoms with Crippen LogP contribution in [0.2, 0.25) is 10.0 Å². The first-order valence-corrected chi connectivity index (χ1v) is 7.84. The van der Waals surface area contributed by atoms with Crippen molar-refractivity contribution in [1.82, 2.24) is 9.62 Å². The lowest BCUT2D eigenvalue weighted by Crippen LogP contribution is -2.49. The van der Waals surface area contributed by atoms with Gasteiger partial charge in [0.25, 0.3) is 0 Å². The Bertz CT molecular complexity index is 722. The van der Waals surface area contributed by atoms with Gasteiger partial charge in [0.1, 0.15) is 14.9 Å². The summed E-state index contributed by atoms with van der Waals surface area (Å²) in [5.74, 6) is -0.454. The molecule has 0 aliphatic carbocycles. The van der Waals surface area contributed by atoms with Gasteiger partial charge >= 0.3 is 5.69 Å². The average molecular weight is 354 g/mol. The molecule has 11 heteroatoms. The molecule has 0 saturated carbocycles. The summed E-state index contributed by atoms with van der Waals surface area (Å²) in [4.78, 5) is 20.9. The Labute approximate surface area is 129 Å². The summed E-state index contributed by atoms with van der Waals surface area (Å²) in [7, 11) is -4.12.